The Morgan fingerprint density at radius 3 is 2.71 bits per heavy atom. The zero-order chi connectivity index (χ0) is 12.8. The maximum Gasteiger partial charge on any atom is 0.326 e. The fourth-order valence-electron chi connectivity index (χ4n) is 1.31. The largest absolute Gasteiger partial charge is 0.480 e. The molecule has 0 saturated heterocycles. The topological polar surface area (TPSA) is 99.5 Å². The number of carbonyl (C=O) groups is 2. The minimum atomic E-state index is -1.17. The highest BCUT2D eigenvalue weighted by Gasteiger charge is 2.20. The van der Waals surface area contributed by atoms with Crippen LogP contribution in [0, 0.1) is 6.92 Å². The molecule has 17 heavy (non-hydrogen) atoms. The molecule has 0 aliphatic heterocycles. The van der Waals surface area contributed by atoms with Crippen LogP contribution in [0.15, 0.2) is 18.5 Å². The molecule has 1 rings (SSSR count). The second-order valence-corrected chi connectivity index (χ2v) is 3.63. The van der Waals surface area contributed by atoms with E-state index in [1.807, 2.05) is 0 Å². The van der Waals surface area contributed by atoms with E-state index in [1.165, 1.54) is 6.20 Å². The molecule has 6 heteroatoms. The molecule has 0 radical (unpaired) electrons. The van der Waals surface area contributed by atoms with Crippen molar-refractivity contribution in [1.29, 1.82) is 0 Å². The van der Waals surface area contributed by atoms with Crippen LogP contribution in [0.25, 0.3) is 0 Å². The molecule has 0 bridgehead atoms. The summed E-state index contributed by atoms with van der Waals surface area (Å²) in [6.45, 7) is 1.48. The maximum atomic E-state index is 11.7. The Morgan fingerprint density at radius 1 is 1.47 bits per heavy atom. The number of hydrogen-bond donors (Lipinski definition) is 3. The van der Waals surface area contributed by atoms with E-state index >= 15 is 0 Å². The van der Waals surface area contributed by atoms with Gasteiger partial charge in [0.2, 0.25) is 0 Å². The van der Waals surface area contributed by atoms with Gasteiger partial charge in [0.1, 0.15) is 6.04 Å². The van der Waals surface area contributed by atoms with Crippen LogP contribution in [0.4, 0.5) is 0 Å². The highest BCUT2D eigenvalue weighted by Crippen LogP contribution is 2.02. The predicted molar refractivity (Wildman–Crippen MR) is 59.6 cm³/mol. The Morgan fingerprint density at radius 2 is 2.18 bits per heavy atom. The molecule has 1 amide bonds. The zero-order valence-electron chi connectivity index (χ0n) is 9.38. The average Bonchev–Trinajstić information content (AvgIpc) is 2.28. The van der Waals surface area contributed by atoms with Crippen molar-refractivity contribution in [2.24, 2.45) is 0 Å². The number of hydrogen-bond acceptors (Lipinski definition) is 4. The van der Waals surface area contributed by atoms with E-state index in [0.29, 0.717) is 5.56 Å². The summed E-state index contributed by atoms with van der Waals surface area (Å²) in [6, 6.07) is 0.521. The second kappa shape index (κ2) is 5.95. The Bertz CT molecular complexity index is 420. The number of amides is 1. The molecule has 0 fully saturated rings. The van der Waals surface area contributed by atoms with Crippen LogP contribution in [0.1, 0.15) is 22.3 Å². The van der Waals surface area contributed by atoms with E-state index in [-0.39, 0.29) is 13.0 Å². The number of carboxylic acids is 1. The summed E-state index contributed by atoms with van der Waals surface area (Å²) in [4.78, 5) is 26.3. The van der Waals surface area contributed by atoms with Gasteiger partial charge >= 0.3 is 5.97 Å². The van der Waals surface area contributed by atoms with Crippen LogP contribution < -0.4 is 5.32 Å². The Labute approximate surface area is 98.3 Å². The summed E-state index contributed by atoms with van der Waals surface area (Å²) in [5, 5.41) is 19.8. The lowest BCUT2D eigenvalue weighted by Gasteiger charge is -2.13. The summed E-state index contributed by atoms with van der Waals surface area (Å²) >= 11 is 0. The summed E-state index contributed by atoms with van der Waals surface area (Å²) < 4.78 is 0. The van der Waals surface area contributed by atoms with Crippen LogP contribution in [-0.2, 0) is 4.79 Å². The van der Waals surface area contributed by atoms with Crippen molar-refractivity contribution in [2.45, 2.75) is 19.4 Å². The van der Waals surface area contributed by atoms with Gasteiger partial charge in [-0.1, -0.05) is 0 Å². The highest BCUT2D eigenvalue weighted by molar-refractivity contribution is 5.96. The van der Waals surface area contributed by atoms with E-state index in [2.05, 4.69) is 10.3 Å². The predicted octanol–water partition coefficient (Wildman–Crippen LogP) is -0.0446. The van der Waals surface area contributed by atoms with Gasteiger partial charge in [-0.05, 0) is 18.6 Å². The fourth-order valence-corrected chi connectivity index (χ4v) is 1.31. The molecule has 0 spiro atoms. The highest BCUT2D eigenvalue weighted by atomic mass is 16.4. The molecule has 3 N–H and O–H groups in total. The lowest BCUT2D eigenvalue weighted by Crippen LogP contribution is -2.41. The van der Waals surface area contributed by atoms with Crippen LogP contribution in [0.3, 0.4) is 0 Å². The van der Waals surface area contributed by atoms with E-state index in [9.17, 15) is 9.59 Å². The Balaban J connectivity index is 2.73. The number of nitrogens with one attached hydrogen (secondary N) is 1. The fraction of sp³-hybridized carbons (Fsp3) is 0.364. The van der Waals surface area contributed by atoms with Crippen LogP contribution in [-0.4, -0.2) is 39.7 Å². The number of carboxylic acid groups (broad SMARTS) is 1. The normalized spacial score (nSPS) is 11.9. The van der Waals surface area contributed by atoms with Crippen molar-refractivity contribution in [1.82, 2.24) is 10.3 Å². The van der Waals surface area contributed by atoms with Gasteiger partial charge in [-0.25, -0.2) is 4.79 Å². The first kappa shape index (κ1) is 13.1. The number of rotatable bonds is 5. The molecular formula is C11H14N2O4. The Hall–Kier alpha value is -1.95. The van der Waals surface area contributed by atoms with E-state index in [1.54, 1.807) is 19.2 Å². The van der Waals surface area contributed by atoms with Gasteiger partial charge in [0, 0.05) is 25.4 Å². The van der Waals surface area contributed by atoms with Crippen LogP contribution in [0.2, 0.25) is 0 Å². The molecule has 6 nitrogen and oxygen atoms in total. The van der Waals surface area contributed by atoms with Crippen molar-refractivity contribution in [3.8, 4) is 0 Å². The van der Waals surface area contributed by atoms with Crippen molar-refractivity contribution >= 4 is 11.9 Å². The van der Waals surface area contributed by atoms with Gasteiger partial charge in [0.25, 0.3) is 5.91 Å². The van der Waals surface area contributed by atoms with Crippen molar-refractivity contribution in [3.05, 3.63) is 29.6 Å². The molecule has 92 valence electrons. The van der Waals surface area contributed by atoms with Gasteiger partial charge in [-0.15, -0.1) is 0 Å². The SMILES string of the molecule is Cc1cncc(C(=O)NC(CCO)C(=O)O)c1. The summed E-state index contributed by atoms with van der Waals surface area (Å²) in [7, 11) is 0. The second-order valence-electron chi connectivity index (χ2n) is 3.63. The number of aliphatic hydroxyl groups is 1. The monoisotopic (exact) mass is 238 g/mol. The standard InChI is InChI=1S/C11H14N2O4/c1-7-4-8(6-12-5-7)10(15)13-9(2-3-14)11(16)17/h4-6,9,14H,2-3H2,1H3,(H,13,15)(H,16,17). The molecular weight excluding hydrogens is 224 g/mol. The lowest BCUT2D eigenvalue weighted by atomic mass is 10.1. The third-order valence-electron chi connectivity index (χ3n) is 2.16. The zero-order valence-corrected chi connectivity index (χ0v) is 9.38. The number of carbonyl (C=O) groups excluding carboxylic acids is 1. The molecule has 0 aliphatic rings. The maximum absolute atomic E-state index is 11.7. The molecule has 1 aromatic heterocycles. The molecule has 1 heterocycles. The third kappa shape index (κ3) is 3.84. The molecule has 0 aliphatic carbocycles. The van der Waals surface area contributed by atoms with E-state index < -0.39 is 17.9 Å². The number of aryl methyl sites for hydroxylation is 1. The molecule has 1 unspecified atom stereocenters. The van der Waals surface area contributed by atoms with Crippen molar-refractivity contribution in [2.75, 3.05) is 6.61 Å². The average molecular weight is 238 g/mol. The van der Waals surface area contributed by atoms with Gasteiger partial charge in [0.05, 0.1) is 5.56 Å². The van der Waals surface area contributed by atoms with Crippen molar-refractivity contribution < 1.29 is 19.8 Å². The lowest BCUT2D eigenvalue weighted by molar-refractivity contribution is -0.139. The van der Waals surface area contributed by atoms with E-state index in [0.717, 1.165) is 5.56 Å². The Kier molecular flexibility index (Phi) is 4.59. The van der Waals surface area contributed by atoms with E-state index in [4.69, 9.17) is 10.2 Å². The molecule has 1 atom stereocenters. The summed E-state index contributed by atoms with van der Waals surface area (Å²) in [6.07, 6.45) is 2.93. The number of nitrogens with zero attached hydrogens (tertiary/aromatic N) is 1. The van der Waals surface area contributed by atoms with Gasteiger partial charge in [0.15, 0.2) is 0 Å². The van der Waals surface area contributed by atoms with Gasteiger partial charge in [-0.2, -0.15) is 0 Å². The van der Waals surface area contributed by atoms with Crippen LogP contribution >= 0.6 is 0 Å². The number of aliphatic carboxylic acids is 1. The summed E-state index contributed by atoms with van der Waals surface area (Å²) in [5.74, 6) is -1.69. The quantitative estimate of drug-likeness (QED) is 0.668. The smallest absolute Gasteiger partial charge is 0.326 e. The van der Waals surface area contributed by atoms with Crippen molar-refractivity contribution in [3.63, 3.8) is 0 Å². The molecule has 0 aromatic carbocycles. The number of aromatic nitrogens is 1. The molecule has 0 saturated carbocycles. The first-order chi connectivity index (χ1) is 8.04. The minimum Gasteiger partial charge on any atom is -0.480 e. The first-order valence-corrected chi connectivity index (χ1v) is 5.10. The third-order valence-corrected chi connectivity index (χ3v) is 2.16. The first-order valence-electron chi connectivity index (χ1n) is 5.10. The van der Waals surface area contributed by atoms with Crippen LogP contribution in [0.5, 0.6) is 0 Å². The number of pyridine rings is 1. The number of aliphatic hydroxyl groups excluding tert-OH is 1. The minimum absolute atomic E-state index is 0.0275. The van der Waals surface area contributed by atoms with Gasteiger partial charge in [-0.3, -0.25) is 9.78 Å². The summed E-state index contributed by atoms with van der Waals surface area (Å²) in [5.41, 5.74) is 1.11. The molecule has 1 aromatic rings. The van der Waals surface area contributed by atoms with Gasteiger partial charge < -0.3 is 15.5 Å².